The van der Waals surface area contributed by atoms with E-state index in [1.54, 1.807) is 23.1 Å². The monoisotopic (exact) mass is 526 g/mol. The summed E-state index contributed by atoms with van der Waals surface area (Å²) in [5.41, 5.74) is 1.10. The van der Waals surface area contributed by atoms with Crippen molar-refractivity contribution in [3.8, 4) is 5.75 Å². The SMILES string of the molecule is CN=C(NCCS(=O)(=O)N1CCSCC1)NC1CCOc2ccccc21.I. The van der Waals surface area contributed by atoms with E-state index in [1.807, 2.05) is 24.3 Å². The van der Waals surface area contributed by atoms with Gasteiger partial charge in [-0.3, -0.25) is 4.99 Å². The molecule has 1 unspecified atom stereocenters. The zero-order valence-corrected chi connectivity index (χ0v) is 19.4. The van der Waals surface area contributed by atoms with E-state index in [2.05, 4.69) is 15.6 Å². The molecule has 1 fully saturated rings. The summed E-state index contributed by atoms with van der Waals surface area (Å²) in [5.74, 6) is 3.31. The summed E-state index contributed by atoms with van der Waals surface area (Å²) < 4.78 is 32.1. The van der Waals surface area contributed by atoms with Crippen LogP contribution in [0.5, 0.6) is 5.75 Å². The van der Waals surface area contributed by atoms with Gasteiger partial charge in [0.05, 0.1) is 18.4 Å². The number of hydrogen-bond donors (Lipinski definition) is 2. The average molecular weight is 526 g/mol. The van der Waals surface area contributed by atoms with E-state index in [0.29, 0.717) is 32.2 Å². The van der Waals surface area contributed by atoms with Gasteiger partial charge in [-0.1, -0.05) is 18.2 Å². The molecule has 1 aromatic carbocycles. The van der Waals surface area contributed by atoms with Gasteiger partial charge in [0.1, 0.15) is 5.75 Å². The number of fused-ring (bicyclic) bond motifs is 1. The van der Waals surface area contributed by atoms with Crippen LogP contribution in [0.3, 0.4) is 0 Å². The number of para-hydroxylation sites is 1. The van der Waals surface area contributed by atoms with E-state index < -0.39 is 10.0 Å². The molecule has 2 aliphatic heterocycles. The first-order chi connectivity index (χ1) is 12.6. The van der Waals surface area contributed by atoms with Crippen LogP contribution in [0.2, 0.25) is 0 Å². The van der Waals surface area contributed by atoms with Gasteiger partial charge < -0.3 is 15.4 Å². The molecule has 152 valence electrons. The molecule has 2 heterocycles. The Morgan fingerprint density at radius 2 is 2.07 bits per heavy atom. The topological polar surface area (TPSA) is 83.0 Å². The molecule has 0 amide bonds. The lowest BCUT2D eigenvalue weighted by molar-refractivity contribution is 0.261. The highest BCUT2D eigenvalue weighted by molar-refractivity contribution is 14.0. The summed E-state index contributed by atoms with van der Waals surface area (Å²) in [5, 5.41) is 6.50. The van der Waals surface area contributed by atoms with Crippen molar-refractivity contribution in [2.45, 2.75) is 12.5 Å². The quantitative estimate of drug-likeness (QED) is 0.345. The lowest BCUT2D eigenvalue weighted by atomic mass is 10.0. The van der Waals surface area contributed by atoms with Crippen LogP contribution >= 0.6 is 35.7 Å². The van der Waals surface area contributed by atoms with Gasteiger partial charge in [0, 0.05) is 50.2 Å². The van der Waals surface area contributed by atoms with Crippen molar-refractivity contribution in [1.29, 1.82) is 0 Å². The summed E-state index contributed by atoms with van der Waals surface area (Å²) in [6, 6.07) is 8.04. The number of hydrogen-bond acceptors (Lipinski definition) is 5. The van der Waals surface area contributed by atoms with Gasteiger partial charge in [-0.2, -0.15) is 11.8 Å². The van der Waals surface area contributed by atoms with Gasteiger partial charge in [-0.05, 0) is 6.07 Å². The molecule has 0 aliphatic carbocycles. The van der Waals surface area contributed by atoms with Crippen LogP contribution in [0.25, 0.3) is 0 Å². The van der Waals surface area contributed by atoms with Crippen molar-refractivity contribution >= 4 is 51.7 Å². The molecule has 0 spiro atoms. The highest BCUT2D eigenvalue weighted by Gasteiger charge is 2.24. The maximum atomic E-state index is 12.4. The second-order valence-electron chi connectivity index (χ2n) is 6.20. The van der Waals surface area contributed by atoms with Crippen LogP contribution in [-0.4, -0.2) is 69.2 Å². The molecule has 0 radical (unpaired) electrons. The van der Waals surface area contributed by atoms with Crippen molar-refractivity contribution in [2.24, 2.45) is 4.99 Å². The summed E-state index contributed by atoms with van der Waals surface area (Å²) in [6.07, 6.45) is 0.835. The third kappa shape index (κ3) is 6.13. The maximum Gasteiger partial charge on any atom is 0.215 e. The summed E-state index contributed by atoms with van der Waals surface area (Å²) in [6.45, 7) is 2.20. The van der Waals surface area contributed by atoms with Gasteiger partial charge in [-0.25, -0.2) is 12.7 Å². The van der Waals surface area contributed by atoms with Crippen LogP contribution < -0.4 is 15.4 Å². The first-order valence-corrected chi connectivity index (χ1v) is 11.6. The Morgan fingerprint density at radius 1 is 1.33 bits per heavy atom. The summed E-state index contributed by atoms with van der Waals surface area (Å²) >= 11 is 1.80. The maximum absolute atomic E-state index is 12.4. The van der Waals surface area contributed by atoms with E-state index in [4.69, 9.17) is 4.74 Å². The molecule has 27 heavy (non-hydrogen) atoms. The Labute approximate surface area is 182 Å². The standard InChI is InChI=1S/C17H26N4O3S2.HI/c1-18-17(19-7-13-26(22,23)21-8-11-25-12-9-21)20-15-6-10-24-16-5-3-2-4-14(15)16;/h2-5,15H,6-13H2,1H3,(H2,18,19,20);1H. The van der Waals surface area contributed by atoms with E-state index in [1.165, 1.54) is 0 Å². The Hall–Kier alpha value is -0.720. The van der Waals surface area contributed by atoms with E-state index in [9.17, 15) is 8.42 Å². The third-order valence-electron chi connectivity index (χ3n) is 4.51. The van der Waals surface area contributed by atoms with Crippen molar-refractivity contribution in [1.82, 2.24) is 14.9 Å². The largest absolute Gasteiger partial charge is 0.493 e. The second-order valence-corrected chi connectivity index (χ2v) is 9.51. The molecule has 1 aromatic rings. The number of guanidine groups is 1. The van der Waals surface area contributed by atoms with Gasteiger partial charge in [0.2, 0.25) is 10.0 Å². The van der Waals surface area contributed by atoms with Crippen LogP contribution in [0, 0.1) is 0 Å². The molecule has 2 aliphatic rings. The summed E-state index contributed by atoms with van der Waals surface area (Å²) in [4.78, 5) is 4.23. The minimum atomic E-state index is -3.21. The van der Waals surface area contributed by atoms with E-state index in [-0.39, 0.29) is 35.8 Å². The fourth-order valence-electron chi connectivity index (χ4n) is 3.10. The zero-order valence-electron chi connectivity index (χ0n) is 15.4. The number of thioether (sulfide) groups is 1. The number of sulfonamides is 1. The Morgan fingerprint density at radius 3 is 2.81 bits per heavy atom. The molecule has 10 heteroatoms. The first-order valence-electron chi connectivity index (χ1n) is 8.84. The number of ether oxygens (including phenoxy) is 1. The van der Waals surface area contributed by atoms with Crippen LogP contribution in [0.4, 0.5) is 0 Å². The number of nitrogens with one attached hydrogen (secondary N) is 2. The smallest absolute Gasteiger partial charge is 0.215 e. The molecule has 3 rings (SSSR count). The van der Waals surface area contributed by atoms with Crippen LogP contribution in [-0.2, 0) is 10.0 Å². The second kappa shape index (κ2) is 10.7. The normalized spacial score (nSPS) is 20.8. The molecule has 1 atom stereocenters. The minimum absolute atomic E-state index is 0. The molecule has 0 bridgehead atoms. The number of aliphatic imine (C=N–C) groups is 1. The molecular formula is C17H27IN4O3S2. The van der Waals surface area contributed by atoms with Gasteiger partial charge in [0.15, 0.2) is 5.96 Å². The minimum Gasteiger partial charge on any atom is -0.493 e. The van der Waals surface area contributed by atoms with Crippen molar-refractivity contribution in [3.05, 3.63) is 29.8 Å². The van der Waals surface area contributed by atoms with E-state index >= 15 is 0 Å². The predicted molar refractivity (Wildman–Crippen MR) is 122 cm³/mol. The molecule has 7 nitrogen and oxygen atoms in total. The van der Waals surface area contributed by atoms with Gasteiger partial charge in [0.25, 0.3) is 0 Å². The Balaban J connectivity index is 0.00000261. The number of benzene rings is 1. The van der Waals surface area contributed by atoms with Gasteiger partial charge in [-0.15, -0.1) is 24.0 Å². The number of halogens is 1. The third-order valence-corrected chi connectivity index (χ3v) is 7.32. The average Bonchev–Trinajstić information content (AvgIpc) is 2.68. The highest BCUT2D eigenvalue weighted by Crippen LogP contribution is 2.31. The van der Waals surface area contributed by atoms with Crippen molar-refractivity contribution in [2.75, 3.05) is 50.5 Å². The first kappa shape index (κ1) is 22.6. The fraction of sp³-hybridized carbons (Fsp3) is 0.588. The van der Waals surface area contributed by atoms with Crippen LogP contribution in [0.15, 0.2) is 29.3 Å². The molecule has 1 saturated heterocycles. The zero-order chi connectivity index (χ0) is 18.4. The van der Waals surface area contributed by atoms with Crippen LogP contribution in [0.1, 0.15) is 18.0 Å². The van der Waals surface area contributed by atoms with Gasteiger partial charge >= 0.3 is 0 Å². The Kier molecular flexibility index (Phi) is 8.96. The predicted octanol–water partition coefficient (Wildman–Crippen LogP) is 1.67. The molecule has 0 saturated carbocycles. The molecule has 2 N–H and O–H groups in total. The molecular weight excluding hydrogens is 499 g/mol. The molecule has 0 aromatic heterocycles. The van der Waals surface area contributed by atoms with Crippen molar-refractivity contribution in [3.63, 3.8) is 0 Å². The highest BCUT2D eigenvalue weighted by atomic mass is 127. The lowest BCUT2D eigenvalue weighted by Crippen LogP contribution is -2.45. The number of rotatable bonds is 5. The summed E-state index contributed by atoms with van der Waals surface area (Å²) in [7, 11) is -1.52. The fourth-order valence-corrected chi connectivity index (χ4v) is 5.60. The lowest BCUT2D eigenvalue weighted by Gasteiger charge is -2.28. The Bertz CT molecular complexity index is 739. The van der Waals surface area contributed by atoms with E-state index in [0.717, 1.165) is 29.2 Å². The number of nitrogens with zero attached hydrogens (tertiary/aromatic N) is 2. The van der Waals surface area contributed by atoms with Crippen molar-refractivity contribution < 1.29 is 13.2 Å².